The standard InChI is InChI=1S/C5H9NO4/c6-4(8)1-3(7)2-5(9)10/h3,7H,1-2H2,(H2,6,8)(H,9,10). The van der Waals surface area contributed by atoms with Crippen LogP contribution in [0.1, 0.15) is 12.8 Å². The van der Waals surface area contributed by atoms with Crippen molar-refractivity contribution in [3.63, 3.8) is 0 Å². The number of carboxylic acid groups (broad SMARTS) is 1. The summed E-state index contributed by atoms with van der Waals surface area (Å²) in [6.07, 6.45) is -1.90. The number of amides is 1. The molecule has 0 rings (SSSR count). The normalized spacial score (nSPS) is 12.5. The molecule has 5 heteroatoms. The topological polar surface area (TPSA) is 101 Å². The number of nitrogens with two attached hydrogens (primary N) is 1. The molecule has 0 radical (unpaired) electrons. The molecular weight excluding hydrogens is 138 g/mol. The van der Waals surface area contributed by atoms with Crippen molar-refractivity contribution in [3.05, 3.63) is 0 Å². The smallest absolute Gasteiger partial charge is 0.305 e. The molecule has 1 unspecified atom stereocenters. The summed E-state index contributed by atoms with van der Waals surface area (Å²) in [6.45, 7) is 0. The van der Waals surface area contributed by atoms with Crippen molar-refractivity contribution in [2.24, 2.45) is 5.73 Å². The molecule has 0 heterocycles. The van der Waals surface area contributed by atoms with E-state index in [4.69, 9.17) is 10.2 Å². The number of rotatable bonds is 4. The lowest BCUT2D eigenvalue weighted by molar-refractivity contribution is -0.139. The zero-order valence-electron chi connectivity index (χ0n) is 5.28. The SMILES string of the molecule is NC(=O)CC(O)CC(=O)O. The van der Waals surface area contributed by atoms with Gasteiger partial charge in [0.15, 0.2) is 0 Å². The number of carboxylic acids is 1. The van der Waals surface area contributed by atoms with E-state index in [1.165, 1.54) is 0 Å². The summed E-state index contributed by atoms with van der Waals surface area (Å²) in [5.74, 6) is -1.84. The predicted octanol–water partition coefficient (Wildman–Crippen LogP) is -1.30. The number of carbonyl (C=O) groups is 2. The van der Waals surface area contributed by atoms with Gasteiger partial charge in [0.25, 0.3) is 0 Å². The highest BCUT2D eigenvalue weighted by Gasteiger charge is 2.11. The lowest BCUT2D eigenvalue weighted by Gasteiger charge is -2.02. The Morgan fingerprint density at radius 2 is 1.90 bits per heavy atom. The molecule has 0 saturated carbocycles. The van der Waals surface area contributed by atoms with E-state index in [0.29, 0.717) is 0 Å². The zero-order chi connectivity index (χ0) is 8.15. The molecule has 0 saturated heterocycles. The van der Waals surface area contributed by atoms with E-state index in [-0.39, 0.29) is 6.42 Å². The maximum atomic E-state index is 10.1. The Morgan fingerprint density at radius 1 is 1.40 bits per heavy atom. The van der Waals surface area contributed by atoms with Crippen molar-refractivity contribution in [2.45, 2.75) is 18.9 Å². The van der Waals surface area contributed by atoms with Crippen LogP contribution in [0.4, 0.5) is 0 Å². The largest absolute Gasteiger partial charge is 0.481 e. The van der Waals surface area contributed by atoms with Gasteiger partial charge < -0.3 is 15.9 Å². The number of primary amides is 1. The first kappa shape index (κ1) is 8.90. The first-order valence-corrected chi connectivity index (χ1v) is 2.70. The number of carbonyl (C=O) groups excluding carboxylic acids is 1. The fourth-order valence-corrected chi connectivity index (χ4v) is 0.506. The molecule has 0 aromatic rings. The van der Waals surface area contributed by atoms with Gasteiger partial charge in [-0.2, -0.15) is 0 Å². The summed E-state index contributed by atoms with van der Waals surface area (Å²) in [7, 11) is 0. The lowest BCUT2D eigenvalue weighted by Crippen LogP contribution is -2.22. The van der Waals surface area contributed by atoms with Crippen molar-refractivity contribution in [1.82, 2.24) is 0 Å². The van der Waals surface area contributed by atoms with Gasteiger partial charge in [0.1, 0.15) is 0 Å². The van der Waals surface area contributed by atoms with E-state index in [1.807, 2.05) is 0 Å². The van der Waals surface area contributed by atoms with E-state index in [0.717, 1.165) is 0 Å². The number of hydrogen-bond donors (Lipinski definition) is 3. The van der Waals surface area contributed by atoms with Crippen molar-refractivity contribution in [2.75, 3.05) is 0 Å². The van der Waals surface area contributed by atoms with Crippen LogP contribution >= 0.6 is 0 Å². The molecule has 0 spiro atoms. The molecular formula is C5H9NO4. The van der Waals surface area contributed by atoms with Gasteiger partial charge in [0.2, 0.25) is 5.91 Å². The van der Waals surface area contributed by atoms with Crippen LogP contribution in [0.5, 0.6) is 0 Å². The van der Waals surface area contributed by atoms with E-state index in [2.05, 4.69) is 5.73 Å². The van der Waals surface area contributed by atoms with Crippen LogP contribution in [0.3, 0.4) is 0 Å². The molecule has 1 atom stereocenters. The minimum absolute atomic E-state index is 0.299. The average Bonchev–Trinajstić information content (AvgIpc) is 1.58. The molecule has 0 bridgehead atoms. The Kier molecular flexibility index (Phi) is 3.42. The molecule has 10 heavy (non-hydrogen) atoms. The van der Waals surface area contributed by atoms with E-state index >= 15 is 0 Å². The summed E-state index contributed by atoms with van der Waals surface area (Å²) >= 11 is 0. The van der Waals surface area contributed by atoms with E-state index in [1.54, 1.807) is 0 Å². The highest BCUT2D eigenvalue weighted by molar-refractivity contribution is 5.75. The van der Waals surface area contributed by atoms with Gasteiger partial charge >= 0.3 is 5.97 Å². The fraction of sp³-hybridized carbons (Fsp3) is 0.600. The van der Waals surface area contributed by atoms with Crippen LogP contribution in [0.2, 0.25) is 0 Å². The Labute approximate surface area is 57.5 Å². The van der Waals surface area contributed by atoms with Crippen LogP contribution in [-0.2, 0) is 9.59 Å². The first-order valence-electron chi connectivity index (χ1n) is 2.70. The third kappa shape index (κ3) is 5.04. The molecule has 0 aromatic heterocycles. The van der Waals surface area contributed by atoms with Crippen LogP contribution in [-0.4, -0.2) is 28.2 Å². The Hall–Kier alpha value is -1.10. The van der Waals surface area contributed by atoms with E-state index in [9.17, 15) is 9.59 Å². The molecule has 58 valence electrons. The van der Waals surface area contributed by atoms with Gasteiger partial charge in [-0.15, -0.1) is 0 Å². The fourth-order valence-electron chi connectivity index (χ4n) is 0.506. The number of hydrogen-bond acceptors (Lipinski definition) is 3. The highest BCUT2D eigenvalue weighted by atomic mass is 16.4. The molecule has 0 aromatic carbocycles. The zero-order valence-corrected chi connectivity index (χ0v) is 5.28. The number of aliphatic hydroxyl groups is 1. The van der Waals surface area contributed by atoms with Gasteiger partial charge in [-0.1, -0.05) is 0 Å². The van der Waals surface area contributed by atoms with Gasteiger partial charge in [-0.05, 0) is 0 Å². The molecule has 1 amide bonds. The third-order valence-electron chi connectivity index (χ3n) is 0.847. The molecule has 4 N–H and O–H groups in total. The van der Waals surface area contributed by atoms with Gasteiger partial charge in [-0.25, -0.2) is 0 Å². The van der Waals surface area contributed by atoms with Crippen molar-refractivity contribution >= 4 is 11.9 Å². The van der Waals surface area contributed by atoms with Gasteiger partial charge in [0, 0.05) is 0 Å². The minimum atomic E-state index is -1.16. The van der Waals surface area contributed by atoms with E-state index < -0.39 is 24.4 Å². The summed E-state index contributed by atoms with van der Waals surface area (Å²) in [5, 5.41) is 16.8. The summed E-state index contributed by atoms with van der Waals surface area (Å²) in [5.41, 5.74) is 4.68. The first-order chi connectivity index (χ1) is 4.52. The maximum Gasteiger partial charge on any atom is 0.305 e. The third-order valence-corrected chi connectivity index (χ3v) is 0.847. The van der Waals surface area contributed by atoms with Crippen molar-refractivity contribution in [1.29, 1.82) is 0 Å². The van der Waals surface area contributed by atoms with Crippen LogP contribution in [0.15, 0.2) is 0 Å². The monoisotopic (exact) mass is 147 g/mol. The Bertz CT molecular complexity index is 129. The molecule has 0 aliphatic carbocycles. The Morgan fingerprint density at radius 3 is 2.20 bits per heavy atom. The van der Waals surface area contributed by atoms with Crippen LogP contribution in [0, 0.1) is 0 Å². The summed E-state index contributed by atoms with van der Waals surface area (Å²) in [4.78, 5) is 19.9. The van der Waals surface area contributed by atoms with Gasteiger partial charge in [0.05, 0.1) is 18.9 Å². The quantitative estimate of drug-likeness (QED) is 0.460. The molecule has 0 aliphatic heterocycles. The lowest BCUT2D eigenvalue weighted by atomic mass is 10.2. The van der Waals surface area contributed by atoms with Crippen LogP contribution < -0.4 is 5.73 Å². The molecule has 5 nitrogen and oxygen atoms in total. The van der Waals surface area contributed by atoms with Crippen molar-refractivity contribution in [3.8, 4) is 0 Å². The minimum Gasteiger partial charge on any atom is -0.481 e. The average molecular weight is 147 g/mol. The molecule has 0 fully saturated rings. The predicted molar refractivity (Wildman–Crippen MR) is 32.1 cm³/mol. The number of aliphatic carboxylic acids is 1. The Balaban J connectivity index is 3.53. The number of aliphatic hydroxyl groups excluding tert-OH is 1. The second-order valence-corrected chi connectivity index (χ2v) is 1.92. The van der Waals surface area contributed by atoms with Crippen LogP contribution in [0.25, 0.3) is 0 Å². The summed E-state index contributed by atoms with van der Waals surface area (Å²) in [6, 6.07) is 0. The second-order valence-electron chi connectivity index (χ2n) is 1.92. The van der Waals surface area contributed by atoms with Crippen molar-refractivity contribution < 1.29 is 19.8 Å². The maximum absolute atomic E-state index is 10.1. The second kappa shape index (κ2) is 3.84. The highest BCUT2D eigenvalue weighted by Crippen LogP contribution is 1.95. The molecule has 0 aliphatic rings. The van der Waals surface area contributed by atoms with Gasteiger partial charge in [-0.3, -0.25) is 9.59 Å². The summed E-state index contributed by atoms with van der Waals surface area (Å²) < 4.78 is 0.